The second kappa shape index (κ2) is 4.67. The quantitative estimate of drug-likeness (QED) is 0.796. The number of aryl methyl sites for hydroxylation is 2. The Balaban J connectivity index is 2.47. The average molecular weight is 271 g/mol. The van der Waals surface area contributed by atoms with Gasteiger partial charge in [-0.05, 0) is 25.5 Å². The smallest absolute Gasteiger partial charge is 0.274 e. The zero-order valence-electron chi connectivity index (χ0n) is 11.9. The van der Waals surface area contributed by atoms with Crippen LogP contribution in [0.5, 0.6) is 5.75 Å². The fourth-order valence-electron chi connectivity index (χ4n) is 2.62. The number of H-pyrrole nitrogens is 1. The van der Waals surface area contributed by atoms with Gasteiger partial charge in [0.15, 0.2) is 0 Å². The van der Waals surface area contributed by atoms with E-state index in [9.17, 15) is 4.79 Å². The Morgan fingerprint density at radius 1 is 1.40 bits per heavy atom. The van der Waals surface area contributed by atoms with Gasteiger partial charge in [-0.3, -0.25) is 9.20 Å². The Bertz CT molecular complexity index is 846. The summed E-state index contributed by atoms with van der Waals surface area (Å²) >= 11 is 0. The van der Waals surface area contributed by atoms with Crippen molar-refractivity contribution in [3.8, 4) is 5.75 Å². The highest BCUT2D eigenvalue weighted by molar-refractivity contribution is 5.80. The first kappa shape index (κ1) is 12.7. The Kier molecular flexibility index (Phi) is 2.97. The SMILES string of the molecule is CCCc1nc(C)c2c(=O)[nH]c3cc(OC)ccc3n12. The predicted octanol–water partition coefficient (Wildman–Crippen LogP) is 2.45. The highest BCUT2D eigenvalue weighted by Crippen LogP contribution is 2.21. The summed E-state index contributed by atoms with van der Waals surface area (Å²) in [4.78, 5) is 19.7. The molecule has 0 unspecified atom stereocenters. The summed E-state index contributed by atoms with van der Waals surface area (Å²) in [6.45, 7) is 3.98. The van der Waals surface area contributed by atoms with Gasteiger partial charge < -0.3 is 9.72 Å². The third-order valence-corrected chi connectivity index (χ3v) is 3.50. The van der Waals surface area contributed by atoms with E-state index in [1.165, 1.54) is 0 Å². The van der Waals surface area contributed by atoms with Crippen LogP contribution < -0.4 is 10.3 Å². The van der Waals surface area contributed by atoms with E-state index in [-0.39, 0.29) is 5.56 Å². The zero-order chi connectivity index (χ0) is 14.3. The van der Waals surface area contributed by atoms with Crippen molar-refractivity contribution in [3.05, 3.63) is 40.1 Å². The Morgan fingerprint density at radius 3 is 2.90 bits per heavy atom. The van der Waals surface area contributed by atoms with Crippen molar-refractivity contribution in [3.63, 3.8) is 0 Å². The number of rotatable bonds is 3. The molecule has 0 aliphatic rings. The predicted molar refractivity (Wildman–Crippen MR) is 78.6 cm³/mol. The molecule has 104 valence electrons. The van der Waals surface area contributed by atoms with Gasteiger partial charge in [-0.25, -0.2) is 4.98 Å². The minimum Gasteiger partial charge on any atom is -0.497 e. The maximum Gasteiger partial charge on any atom is 0.274 e. The van der Waals surface area contributed by atoms with Crippen molar-refractivity contribution in [1.82, 2.24) is 14.4 Å². The maximum atomic E-state index is 12.3. The van der Waals surface area contributed by atoms with E-state index in [0.717, 1.165) is 41.1 Å². The van der Waals surface area contributed by atoms with Gasteiger partial charge in [0.05, 0.1) is 23.8 Å². The van der Waals surface area contributed by atoms with Crippen LogP contribution in [0, 0.1) is 6.92 Å². The molecule has 0 bridgehead atoms. The van der Waals surface area contributed by atoms with Crippen LogP contribution in [0.15, 0.2) is 23.0 Å². The summed E-state index contributed by atoms with van der Waals surface area (Å²) in [6, 6.07) is 5.68. The van der Waals surface area contributed by atoms with Gasteiger partial charge in [0, 0.05) is 12.5 Å². The second-order valence-corrected chi connectivity index (χ2v) is 4.88. The summed E-state index contributed by atoms with van der Waals surface area (Å²) in [5.41, 5.74) is 3.00. The minimum atomic E-state index is -0.113. The van der Waals surface area contributed by atoms with Crippen LogP contribution in [0.1, 0.15) is 24.9 Å². The number of fused-ring (bicyclic) bond motifs is 3. The van der Waals surface area contributed by atoms with Crippen LogP contribution in [0.2, 0.25) is 0 Å². The molecule has 0 radical (unpaired) electrons. The fraction of sp³-hybridized carbons (Fsp3) is 0.333. The Labute approximate surface area is 116 Å². The summed E-state index contributed by atoms with van der Waals surface area (Å²) in [5, 5.41) is 0. The van der Waals surface area contributed by atoms with E-state index < -0.39 is 0 Å². The van der Waals surface area contributed by atoms with Gasteiger partial charge >= 0.3 is 0 Å². The van der Waals surface area contributed by atoms with Gasteiger partial charge in [0.1, 0.15) is 17.1 Å². The molecule has 0 spiro atoms. The summed E-state index contributed by atoms with van der Waals surface area (Å²) < 4.78 is 7.17. The minimum absolute atomic E-state index is 0.113. The Morgan fingerprint density at radius 2 is 2.20 bits per heavy atom. The summed E-state index contributed by atoms with van der Waals surface area (Å²) in [7, 11) is 1.61. The second-order valence-electron chi connectivity index (χ2n) is 4.88. The first-order valence-electron chi connectivity index (χ1n) is 6.73. The van der Waals surface area contributed by atoms with E-state index in [0.29, 0.717) is 5.52 Å². The molecular formula is C15H17N3O2. The lowest BCUT2D eigenvalue weighted by atomic mass is 10.2. The molecule has 1 N–H and O–H groups in total. The van der Waals surface area contributed by atoms with E-state index in [4.69, 9.17) is 4.74 Å². The van der Waals surface area contributed by atoms with Crippen LogP contribution in [0.25, 0.3) is 16.6 Å². The van der Waals surface area contributed by atoms with Crippen molar-refractivity contribution in [2.45, 2.75) is 26.7 Å². The van der Waals surface area contributed by atoms with Gasteiger partial charge in [0.25, 0.3) is 5.56 Å². The Hall–Kier alpha value is -2.30. The standard InChI is InChI=1S/C15H17N3O2/c1-4-5-13-16-9(2)14-15(19)17-11-8-10(20-3)6-7-12(11)18(13)14/h6-8H,4-5H2,1-3H3,(H,17,19). The summed E-state index contributed by atoms with van der Waals surface area (Å²) in [5.74, 6) is 1.66. The van der Waals surface area contributed by atoms with Crippen molar-refractivity contribution < 1.29 is 4.74 Å². The van der Waals surface area contributed by atoms with Crippen molar-refractivity contribution >= 4 is 16.6 Å². The lowest BCUT2D eigenvalue weighted by Crippen LogP contribution is -2.12. The molecule has 0 aliphatic heterocycles. The third kappa shape index (κ3) is 1.78. The average Bonchev–Trinajstić information content (AvgIpc) is 2.76. The van der Waals surface area contributed by atoms with E-state index in [2.05, 4.69) is 16.9 Å². The van der Waals surface area contributed by atoms with Gasteiger partial charge in [-0.2, -0.15) is 0 Å². The van der Waals surface area contributed by atoms with Crippen molar-refractivity contribution in [2.24, 2.45) is 0 Å². The normalized spacial score (nSPS) is 11.3. The first-order chi connectivity index (χ1) is 9.65. The topological polar surface area (TPSA) is 59.4 Å². The van der Waals surface area contributed by atoms with Gasteiger partial charge in [0.2, 0.25) is 0 Å². The molecular weight excluding hydrogens is 254 g/mol. The molecule has 1 aromatic carbocycles. The molecule has 0 atom stereocenters. The molecule has 2 aromatic heterocycles. The number of methoxy groups -OCH3 is 1. The fourth-order valence-corrected chi connectivity index (χ4v) is 2.62. The van der Waals surface area contributed by atoms with Crippen LogP contribution in [0.3, 0.4) is 0 Å². The van der Waals surface area contributed by atoms with E-state index >= 15 is 0 Å². The first-order valence-corrected chi connectivity index (χ1v) is 6.73. The molecule has 0 saturated heterocycles. The van der Waals surface area contributed by atoms with Crippen molar-refractivity contribution in [2.75, 3.05) is 7.11 Å². The molecule has 2 heterocycles. The van der Waals surface area contributed by atoms with Crippen LogP contribution in [0.4, 0.5) is 0 Å². The molecule has 0 saturated carbocycles. The van der Waals surface area contributed by atoms with Crippen LogP contribution in [-0.4, -0.2) is 21.5 Å². The van der Waals surface area contributed by atoms with Crippen LogP contribution in [-0.2, 0) is 6.42 Å². The molecule has 5 nitrogen and oxygen atoms in total. The van der Waals surface area contributed by atoms with E-state index in [1.54, 1.807) is 7.11 Å². The molecule has 0 aliphatic carbocycles. The zero-order valence-corrected chi connectivity index (χ0v) is 11.9. The number of benzene rings is 1. The lowest BCUT2D eigenvalue weighted by Gasteiger charge is -2.07. The highest BCUT2D eigenvalue weighted by atomic mass is 16.5. The molecule has 20 heavy (non-hydrogen) atoms. The maximum absolute atomic E-state index is 12.3. The number of imidazole rings is 1. The molecule has 5 heteroatoms. The summed E-state index contributed by atoms with van der Waals surface area (Å²) in [6.07, 6.45) is 1.84. The van der Waals surface area contributed by atoms with Crippen molar-refractivity contribution in [1.29, 1.82) is 0 Å². The number of nitrogens with zero attached hydrogens (tertiary/aromatic N) is 2. The molecule has 0 fully saturated rings. The van der Waals surface area contributed by atoms with E-state index in [1.807, 2.05) is 29.5 Å². The molecule has 3 rings (SSSR count). The number of hydrogen-bond donors (Lipinski definition) is 1. The number of hydrogen-bond acceptors (Lipinski definition) is 3. The number of aromatic nitrogens is 3. The lowest BCUT2D eigenvalue weighted by molar-refractivity contribution is 0.415. The monoisotopic (exact) mass is 271 g/mol. The number of ether oxygens (including phenoxy) is 1. The molecule has 3 aromatic rings. The van der Waals surface area contributed by atoms with Gasteiger partial charge in [-0.1, -0.05) is 6.92 Å². The number of nitrogens with one attached hydrogen (secondary N) is 1. The number of aromatic amines is 1. The highest BCUT2D eigenvalue weighted by Gasteiger charge is 2.14. The third-order valence-electron chi connectivity index (χ3n) is 3.50. The van der Waals surface area contributed by atoms with Crippen LogP contribution >= 0.6 is 0 Å². The van der Waals surface area contributed by atoms with Gasteiger partial charge in [-0.15, -0.1) is 0 Å². The molecule has 0 amide bonds. The largest absolute Gasteiger partial charge is 0.497 e.